The van der Waals surface area contributed by atoms with Gasteiger partial charge in [-0.25, -0.2) is 0 Å². The zero-order valence-electron chi connectivity index (χ0n) is 12.3. The molecule has 1 atom stereocenters. The number of hydrogen-bond donors (Lipinski definition) is 1. The zero-order valence-corrected chi connectivity index (χ0v) is 16.4. The van der Waals surface area contributed by atoms with Gasteiger partial charge in [0.1, 0.15) is 0 Å². The standard InChI is InChI=1S/C14H23BrN2S.2ClH/c1-10(2)8-12(17-6-4-16-5-7-17)13-9-11(3)14(15)18-13;;/h9-10,12,16H,4-8H2,1-3H3;2*1H/t12-;;/m1../s1. The second-order valence-electron chi connectivity index (χ2n) is 5.54. The molecule has 1 aromatic rings. The summed E-state index contributed by atoms with van der Waals surface area (Å²) in [4.78, 5) is 4.17. The average molecular weight is 404 g/mol. The lowest BCUT2D eigenvalue weighted by Gasteiger charge is -2.35. The van der Waals surface area contributed by atoms with Crippen LogP contribution in [0.2, 0.25) is 0 Å². The second kappa shape index (κ2) is 9.65. The van der Waals surface area contributed by atoms with Crippen molar-refractivity contribution in [3.05, 3.63) is 20.3 Å². The predicted molar refractivity (Wildman–Crippen MR) is 97.9 cm³/mol. The van der Waals surface area contributed by atoms with E-state index in [4.69, 9.17) is 0 Å². The highest BCUT2D eigenvalue weighted by atomic mass is 79.9. The van der Waals surface area contributed by atoms with Crippen molar-refractivity contribution in [1.82, 2.24) is 10.2 Å². The summed E-state index contributed by atoms with van der Waals surface area (Å²) in [5.74, 6) is 0.742. The van der Waals surface area contributed by atoms with Gasteiger partial charge in [-0.15, -0.1) is 36.2 Å². The summed E-state index contributed by atoms with van der Waals surface area (Å²) in [6, 6.07) is 2.96. The van der Waals surface area contributed by atoms with Crippen molar-refractivity contribution in [1.29, 1.82) is 0 Å². The van der Waals surface area contributed by atoms with Crippen molar-refractivity contribution in [2.24, 2.45) is 5.92 Å². The first-order chi connectivity index (χ1) is 8.58. The highest BCUT2D eigenvalue weighted by molar-refractivity contribution is 9.11. The van der Waals surface area contributed by atoms with E-state index in [-0.39, 0.29) is 24.8 Å². The Bertz CT molecular complexity index is 373. The lowest BCUT2D eigenvalue weighted by Crippen LogP contribution is -2.45. The number of thiophene rings is 1. The van der Waals surface area contributed by atoms with Crippen LogP contribution in [0.4, 0.5) is 0 Å². The molecule has 0 aromatic carbocycles. The van der Waals surface area contributed by atoms with Crippen LogP contribution in [0.1, 0.15) is 36.8 Å². The van der Waals surface area contributed by atoms with E-state index in [1.165, 1.54) is 33.7 Å². The smallest absolute Gasteiger partial charge is 0.0731 e. The van der Waals surface area contributed by atoms with Gasteiger partial charge in [0.2, 0.25) is 0 Å². The molecule has 0 bridgehead atoms. The third kappa shape index (κ3) is 5.47. The normalized spacial score (nSPS) is 17.4. The molecular weight excluding hydrogens is 379 g/mol. The zero-order chi connectivity index (χ0) is 13.1. The van der Waals surface area contributed by atoms with Gasteiger partial charge in [-0.2, -0.15) is 0 Å². The Hall–Kier alpha value is 0.680. The van der Waals surface area contributed by atoms with E-state index in [1.54, 1.807) is 0 Å². The van der Waals surface area contributed by atoms with Gasteiger partial charge >= 0.3 is 0 Å². The van der Waals surface area contributed by atoms with Crippen molar-refractivity contribution in [3.63, 3.8) is 0 Å². The van der Waals surface area contributed by atoms with Crippen LogP contribution in [0, 0.1) is 12.8 Å². The Morgan fingerprint density at radius 2 is 1.90 bits per heavy atom. The first-order valence-corrected chi connectivity index (χ1v) is 8.39. The van der Waals surface area contributed by atoms with Gasteiger partial charge in [-0.05, 0) is 46.8 Å². The van der Waals surface area contributed by atoms with Crippen molar-refractivity contribution in [2.75, 3.05) is 26.2 Å². The molecule has 2 rings (SSSR count). The summed E-state index contributed by atoms with van der Waals surface area (Å²) in [5.41, 5.74) is 1.37. The van der Waals surface area contributed by atoms with Gasteiger partial charge in [0.05, 0.1) is 3.79 Å². The lowest BCUT2D eigenvalue weighted by molar-refractivity contribution is 0.156. The Kier molecular flexibility index (Phi) is 9.98. The molecule has 1 aliphatic heterocycles. The first kappa shape index (κ1) is 20.7. The number of piperazine rings is 1. The Morgan fingerprint density at radius 1 is 1.30 bits per heavy atom. The molecular formula is C14H25BrCl2N2S. The molecule has 6 heteroatoms. The van der Waals surface area contributed by atoms with E-state index in [1.807, 2.05) is 11.3 Å². The van der Waals surface area contributed by atoms with Crippen LogP contribution in [0.5, 0.6) is 0 Å². The van der Waals surface area contributed by atoms with Crippen molar-refractivity contribution in [3.8, 4) is 0 Å². The number of aryl methyl sites for hydroxylation is 1. The van der Waals surface area contributed by atoms with Gasteiger partial charge < -0.3 is 5.32 Å². The van der Waals surface area contributed by atoms with Crippen LogP contribution in [0.3, 0.4) is 0 Å². The third-order valence-corrected chi connectivity index (χ3v) is 5.73. The van der Waals surface area contributed by atoms with Gasteiger partial charge in [0.25, 0.3) is 0 Å². The van der Waals surface area contributed by atoms with Gasteiger partial charge in [-0.1, -0.05) is 13.8 Å². The molecule has 1 aliphatic rings. The second-order valence-corrected chi connectivity index (χ2v) is 7.94. The minimum absolute atomic E-state index is 0. The van der Waals surface area contributed by atoms with Crippen molar-refractivity contribution in [2.45, 2.75) is 33.2 Å². The maximum atomic E-state index is 3.66. The molecule has 1 aromatic heterocycles. The van der Waals surface area contributed by atoms with E-state index >= 15 is 0 Å². The Morgan fingerprint density at radius 3 is 2.35 bits per heavy atom. The fourth-order valence-corrected chi connectivity index (χ4v) is 4.25. The molecule has 0 amide bonds. The van der Waals surface area contributed by atoms with Crippen LogP contribution in [-0.4, -0.2) is 31.1 Å². The molecule has 20 heavy (non-hydrogen) atoms. The van der Waals surface area contributed by atoms with Crippen molar-refractivity contribution >= 4 is 52.1 Å². The number of nitrogens with zero attached hydrogens (tertiary/aromatic N) is 1. The summed E-state index contributed by atoms with van der Waals surface area (Å²) < 4.78 is 1.29. The fourth-order valence-electron chi connectivity index (χ4n) is 2.53. The lowest BCUT2D eigenvalue weighted by atomic mass is 10.00. The summed E-state index contributed by atoms with van der Waals surface area (Å²) in [7, 11) is 0. The van der Waals surface area contributed by atoms with Crippen LogP contribution in [0.25, 0.3) is 0 Å². The van der Waals surface area contributed by atoms with Crippen LogP contribution in [0.15, 0.2) is 9.85 Å². The monoisotopic (exact) mass is 402 g/mol. The first-order valence-electron chi connectivity index (χ1n) is 6.78. The molecule has 1 fully saturated rings. The minimum atomic E-state index is 0. The maximum Gasteiger partial charge on any atom is 0.0731 e. The molecule has 1 N–H and O–H groups in total. The Labute approximate surface area is 147 Å². The molecule has 0 radical (unpaired) electrons. The molecule has 0 saturated carbocycles. The minimum Gasteiger partial charge on any atom is -0.314 e. The Balaban J connectivity index is 0.00000180. The molecule has 2 heterocycles. The van der Waals surface area contributed by atoms with E-state index in [2.05, 4.69) is 53.0 Å². The molecule has 0 aliphatic carbocycles. The van der Waals surface area contributed by atoms with Crippen molar-refractivity contribution < 1.29 is 0 Å². The fraction of sp³-hybridized carbons (Fsp3) is 0.714. The topological polar surface area (TPSA) is 15.3 Å². The van der Waals surface area contributed by atoms with E-state index in [0.29, 0.717) is 6.04 Å². The summed E-state index contributed by atoms with van der Waals surface area (Å²) >= 11 is 5.57. The van der Waals surface area contributed by atoms with E-state index in [9.17, 15) is 0 Å². The highest BCUT2D eigenvalue weighted by Gasteiger charge is 2.24. The SMILES string of the molecule is Cc1cc([C@@H](CC(C)C)N2CCNCC2)sc1Br.Cl.Cl. The molecule has 0 spiro atoms. The molecule has 2 nitrogen and oxygen atoms in total. The van der Waals surface area contributed by atoms with Crippen LogP contribution < -0.4 is 5.32 Å². The molecule has 118 valence electrons. The average Bonchev–Trinajstić information content (AvgIpc) is 2.67. The van der Waals surface area contributed by atoms with Crippen LogP contribution >= 0.6 is 52.1 Å². The van der Waals surface area contributed by atoms with E-state index < -0.39 is 0 Å². The molecule has 1 saturated heterocycles. The van der Waals surface area contributed by atoms with Gasteiger partial charge in [0.15, 0.2) is 0 Å². The summed E-state index contributed by atoms with van der Waals surface area (Å²) in [6.45, 7) is 11.4. The quantitative estimate of drug-likeness (QED) is 0.786. The maximum absolute atomic E-state index is 3.66. The summed E-state index contributed by atoms with van der Waals surface area (Å²) in [5, 5.41) is 3.44. The van der Waals surface area contributed by atoms with E-state index in [0.717, 1.165) is 19.0 Å². The molecule has 0 unspecified atom stereocenters. The van der Waals surface area contributed by atoms with Gasteiger partial charge in [-0.3, -0.25) is 4.90 Å². The highest BCUT2D eigenvalue weighted by Crippen LogP contribution is 2.37. The number of hydrogen-bond acceptors (Lipinski definition) is 3. The third-order valence-electron chi connectivity index (χ3n) is 3.49. The number of nitrogens with one attached hydrogen (secondary N) is 1. The van der Waals surface area contributed by atoms with Gasteiger partial charge in [0, 0.05) is 37.1 Å². The predicted octanol–water partition coefficient (Wildman–Crippen LogP) is 4.66. The number of halogens is 3. The number of rotatable bonds is 4. The van der Waals surface area contributed by atoms with Crippen LogP contribution in [-0.2, 0) is 0 Å². The summed E-state index contributed by atoms with van der Waals surface area (Å²) in [6.07, 6.45) is 1.26. The largest absolute Gasteiger partial charge is 0.314 e.